The molecule has 0 aliphatic rings. The van der Waals surface area contributed by atoms with Gasteiger partial charge in [0.05, 0.1) is 57.7 Å². The van der Waals surface area contributed by atoms with Crippen LogP contribution in [0.3, 0.4) is 0 Å². The van der Waals surface area contributed by atoms with E-state index in [2.05, 4.69) is 15.4 Å². The van der Waals surface area contributed by atoms with Crippen LogP contribution < -0.4 is 9.62 Å². The van der Waals surface area contributed by atoms with E-state index in [-0.39, 0.29) is 11.7 Å². The number of fused-ring (bicyclic) bond motifs is 6. The summed E-state index contributed by atoms with van der Waals surface area (Å²) in [5.74, 6) is -0.681. The van der Waals surface area contributed by atoms with Crippen LogP contribution in [-0.4, -0.2) is 58.7 Å². The van der Waals surface area contributed by atoms with Crippen LogP contribution >= 0.6 is 0 Å². The molecule has 1 N–H and O–H groups in total. The van der Waals surface area contributed by atoms with Crippen molar-refractivity contribution in [3.8, 4) is 11.3 Å². The number of nitrogens with zero attached hydrogens (tertiary/aromatic N) is 6. The van der Waals surface area contributed by atoms with E-state index >= 15 is 0 Å². The van der Waals surface area contributed by atoms with E-state index in [9.17, 15) is 17.6 Å². The normalized spacial score (nSPS) is 12.1. The minimum absolute atomic E-state index is 0.319. The molecular weight excluding hydrogens is 497 g/mol. The molecule has 1 aromatic carbocycles. The van der Waals surface area contributed by atoms with Gasteiger partial charge >= 0.3 is 0 Å². The summed E-state index contributed by atoms with van der Waals surface area (Å²) in [5.41, 5.74) is 4.47. The smallest absolute Gasteiger partial charge is 0.254 e. The Bertz CT molecular complexity index is 2010. The fourth-order valence-corrected chi connectivity index (χ4v) is 5.00. The second-order valence-electron chi connectivity index (χ2n) is 8.65. The Hall–Kier alpha value is -4.58. The molecule has 0 fully saturated rings. The zero-order chi connectivity index (χ0) is 26.1. The number of sulfonamides is 1. The maximum Gasteiger partial charge on any atom is 0.254 e. The van der Waals surface area contributed by atoms with E-state index in [1.54, 1.807) is 53.3 Å². The quantitative estimate of drug-likeness (QED) is 0.384. The van der Waals surface area contributed by atoms with Gasteiger partial charge in [-0.1, -0.05) is 6.07 Å². The Kier molecular flexibility index (Phi) is 4.92. The summed E-state index contributed by atoms with van der Waals surface area (Å²) in [7, 11) is -0.685. The van der Waals surface area contributed by atoms with E-state index in [1.807, 2.05) is 0 Å². The maximum atomic E-state index is 14.5. The number of halogens is 1. The van der Waals surface area contributed by atoms with E-state index in [1.165, 1.54) is 30.9 Å². The Morgan fingerprint density at radius 2 is 1.92 bits per heavy atom. The highest BCUT2D eigenvalue weighted by molar-refractivity contribution is 7.92. The Labute approximate surface area is 210 Å². The highest BCUT2D eigenvalue weighted by Crippen LogP contribution is 2.34. The van der Waals surface area contributed by atoms with Gasteiger partial charge < -0.3 is 5.32 Å². The molecule has 186 valence electrons. The number of carbonyl (C=O) groups excluding carboxylic acids is 1. The zero-order valence-electron chi connectivity index (χ0n) is 20.0. The second kappa shape index (κ2) is 7.96. The molecule has 5 heterocycles. The van der Waals surface area contributed by atoms with Gasteiger partial charge in [-0.05, 0) is 36.4 Å². The van der Waals surface area contributed by atoms with Gasteiger partial charge in [-0.3, -0.25) is 13.5 Å². The lowest BCUT2D eigenvalue weighted by Crippen LogP contribution is -2.26. The number of anilines is 1. The minimum atomic E-state index is -3.64. The SMILES string of the molecule is CNC(=O)c1cnn2cc(N(C)S(C)(=O)=O)c(-c3ccc4ncn5c6cccc(F)c6cc5c4n3)cc12. The molecule has 0 unspecified atom stereocenters. The van der Waals surface area contributed by atoms with Gasteiger partial charge in [0.1, 0.15) is 17.7 Å². The number of carbonyl (C=O) groups is 1. The molecule has 1 amide bonds. The van der Waals surface area contributed by atoms with Crippen molar-refractivity contribution >= 4 is 54.6 Å². The number of benzene rings is 1. The van der Waals surface area contributed by atoms with Crippen LogP contribution in [0, 0.1) is 5.82 Å². The van der Waals surface area contributed by atoms with Crippen LogP contribution in [0.2, 0.25) is 0 Å². The molecule has 0 aliphatic heterocycles. The third-order valence-corrected chi connectivity index (χ3v) is 7.67. The first kappa shape index (κ1) is 22.9. The van der Waals surface area contributed by atoms with Gasteiger partial charge in [-0.2, -0.15) is 5.10 Å². The molecule has 6 aromatic rings. The van der Waals surface area contributed by atoms with Gasteiger partial charge in [0.2, 0.25) is 10.0 Å². The van der Waals surface area contributed by atoms with Crippen molar-refractivity contribution in [3.63, 3.8) is 0 Å². The van der Waals surface area contributed by atoms with Crippen molar-refractivity contribution in [3.05, 3.63) is 72.6 Å². The lowest BCUT2D eigenvalue weighted by molar-refractivity contribution is 0.0964. The minimum Gasteiger partial charge on any atom is -0.355 e. The van der Waals surface area contributed by atoms with Gasteiger partial charge in [0.25, 0.3) is 5.91 Å². The van der Waals surface area contributed by atoms with Gasteiger partial charge in [-0.25, -0.2) is 27.3 Å². The Morgan fingerprint density at radius 1 is 1.11 bits per heavy atom. The first-order valence-electron chi connectivity index (χ1n) is 11.2. The van der Waals surface area contributed by atoms with Gasteiger partial charge in [0, 0.05) is 25.0 Å². The molecule has 5 aromatic heterocycles. The first-order chi connectivity index (χ1) is 17.7. The van der Waals surface area contributed by atoms with Crippen LogP contribution in [0.25, 0.3) is 44.2 Å². The summed E-state index contributed by atoms with van der Waals surface area (Å²) in [5, 5.41) is 7.26. The largest absolute Gasteiger partial charge is 0.355 e. The molecule has 6 rings (SSSR count). The van der Waals surface area contributed by atoms with Crippen LogP contribution in [-0.2, 0) is 10.0 Å². The Balaban J connectivity index is 1.67. The second-order valence-corrected chi connectivity index (χ2v) is 10.7. The predicted molar refractivity (Wildman–Crippen MR) is 139 cm³/mol. The molecule has 0 atom stereocenters. The summed E-state index contributed by atoms with van der Waals surface area (Å²) in [6.07, 6.45) is 5.69. The highest BCUT2D eigenvalue weighted by Gasteiger charge is 2.22. The molecule has 12 heteroatoms. The topological polar surface area (TPSA) is 114 Å². The van der Waals surface area contributed by atoms with Crippen molar-refractivity contribution in [1.29, 1.82) is 0 Å². The number of rotatable bonds is 4. The van der Waals surface area contributed by atoms with Crippen LogP contribution in [0.15, 0.2) is 61.2 Å². The number of aromatic nitrogens is 5. The highest BCUT2D eigenvalue weighted by atomic mass is 32.2. The van der Waals surface area contributed by atoms with Gasteiger partial charge in [-0.15, -0.1) is 0 Å². The summed E-state index contributed by atoms with van der Waals surface area (Å²) in [6, 6.07) is 11.7. The van der Waals surface area contributed by atoms with Crippen LogP contribution in [0.1, 0.15) is 10.4 Å². The number of hydrogen-bond acceptors (Lipinski definition) is 6. The van der Waals surface area contributed by atoms with E-state index in [0.29, 0.717) is 55.5 Å². The standard InChI is InChI=1S/C25H20FN7O3S/c1-27-25(34)16-11-29-33-12-23(31(2)37(3,35)36)15(10-21(16)33)18-7-8-19-24(30-18)22-9-14-17(26)5-4-6-20(14)32(22)13-28-19/h4-13H,1-3H3,(H,27,34). The predicted octanol–water partition coefficient (Wildman–Crippen LogP) is 3.24. The molecule has 0 bridgehead atoms. The third-order valence-electron chi connectivity index (χ3n) is 6.48. The molecule has 0 saturated heterocycles. The molecule has 10 nitrogen and oxygen atoms in total. The molecule has 0 spiro atoms. The number of nitrogens with one attached hydrogen (secondary N) is 1. The summed E-state index contributed by atoms with van der Waals surface area (Å²) < 4.78 is 43.9. The zero-order valence-corrected chi connectivity index (χ0v) is 20.8. The van der Waals surface area contributed by atoms with Crippen LogP contribution in [0.5, 0.6) is 0 Å². The monoisotopic (exact) mass is 517 g/mol. The van der Waals surface area contributed by atoms with Crippen molar-refractivity contribution in [1.82, 2.24) is 29.3 Å². The number of pyridine rings is 2. The number of hydrogen-bond donors (Lipinski definition) is 1. The molecule has 37 heavy (non-hydrogen) atoms. The van der Waals surface area contributed by atoms with Crippen LogP contribution in [0.4, 0.5) is 10.1 Å². The molecule has 0 radical (unpaired) electrons. The van der Waals surface area contributed by atoms with Gasteiger partial charge in [0.15, 0.2) is 0 Å². The summed E-state index contributed by atoms with van der Waals surface area (Å²) in [6.45, 7) is 0. The summed E-state index contributed by atoms with van der Waals surface area (Å²) in [4.78, 5) is 21.8. The summed E-state index contributed by atoms with van der Waals surface area (Å²) >= 11 is 0. The van der Waals surface area contributed by atoms with Crippen molar-refractivity contribution in [2.45, 2.75) is 0 Å². The Morgan fingerprint density at radius 3 is 2.68 bits per heavy atom. The first-order valence-corrected chi connectivity index (χ1v) is 13.0. The molecule has 0 aliphatic carbocycles. The average molecular weight is 518 g/mol. The molecular formula is C25H20FN7O3S. The maximum absolute atomic E-state index is 14.5. The molecule has 0 saturated carbocycles. The lowest BCUT2D eigenvalue weighted by Gasteiger charge is -2.20. The van der Waals surface area contributed by atoms with Crippen molar-refractivity contribution in [2.24, 2.45) is 0 Å². The van der Waals surface area contributed by atoms with E-state index in [0.717, 1.165) is 10.6 Å². The fourth-order valence-electron chi connectivity index (χ4n) is 4.49. The van der Waals surface area contributed by atoms with E-state index < -0.39 is 10.0 Å². The fraction of sp³-hybridized carbons (Fsp3) is 0.120. The van der Waals surface area contributed by atoms with Crippen molar-refractivity contribution < 1.29 is 17.6 Å². The van der Waals surface area contributed by atoms with Crippen molar-refractivity contribution in [2.75, 3.05) is 24.7 Å². The average Bonchev–Trinajstić information content (AvgIpc) is 3.48. The van der Waals surface area contributed by atoms with E-state index in [4.69, 9.17) is 4.98 Å². The number of amides is 1. The lowest BCUT2D eigenvalue weighted by atomic mass is 10.1. The third kappa shape index (κ3) is 3.48.